The number of rotatable bonds is 0. The molecule has 1 nitrogen and oxygen atoms in total. The molecule has 0 unspecified atom stereocenters. The van der Waals surface area contributed by atoms with Gasteiger partial charge in [-0.3, -0.25) is 0 Å². The quantitative estimate of drug-likeness (QED) is 0.584. The summed E-state index contributed by atoms with van der Waals surface area (Å²) in [6, 6.07) is 0. The van der Waals surface area contributed by atoms with Crippen molar-refractivity contribution < 1.29 is 24.6 Å². The zero-order valence-corrected chi connectivity index (χ0v) is 4.50. The summed E-state index contributed by atoms with van der Waals surface area (Å²) in [5.74, 6) is 0. The second kappa shape index (κ2) is 1.66. The van der Waals surface area contributed by atoms with Gasteiger partial charge in [0.05, 0.1) is 0 Å². The minimum absolute atomic E-state index is 0.139. The predicted molar refractivity (Wildman–Crippen MR) is 10.7 cm³/mol. The van der Waals surface area contributed by atoms with Gasteiger partial charge >= 0.3 is 35.7 Å². The van der Waals surface area contributed by atoms with Crippen LogP contribution in [0.3, 0.4) is 0 Å². The first-order valence-corrected chi connectivity index (χ1v) is 2.00. The third kappa shape index (κ3) is 33.9. The summed E-state index contributed by atoms with van der Waals surface area (Å²) in [7, 11) is 0. The van der Waals surface area contributed by atoms with Gasteiger partial charge in [-0.2, -0.15) is 0 Å². The van der Waals surface area contributed by atoms with E-state index >= 15 is 0 Å². The van der Waals surface area contributed by atoms with Crippen LogP contribution in [0.1, 0.15) is 6.92 Å². The molecule has 2 heteroatoms. The summed E-state index contributed by atoms with van der Waals surface area (Å²) >= 11 is 1.69. The molecule has 27 valence electrons. The van der Waals surface area contributed by atoms with Crippen molar-refractivity contribution in [2.75, 3.05) is 0 Å². The molecule has 0 fully saturated rings. The van der Waals surface area contributed by atoms with Crippen LogP contribution in [0.25, 0.3) is 0 Å². The average molecular weight is 238 g/mol. The fourth-order valence-corrected chi connectivity index (χ4v) is 0. The van der Waals surface area contributed by atoms with Crippen LogP contribution in [0.2, 0.25) is 0 Å². The van der Waals surface area contributed by atoms with Gasteiger partial charge < -0.3 is 0 Å². The fraction of sp³-hybridized carbons (Fsp3) is 0.500. The van der Waals surface area contributed by atoms with Crippen molar-refractivity contribution in [3.05, 3.63) is 0 Å². The molecule has 0 radical (unpaired) electrons. The molecule has 4 heavy (non-hydrogen) atoms. The van der Waals surface area contributed by atoms with Gasteiger partial charge in [-0.15, -0.1) is 0 Å². The zero-order chi connectivity index (χ0) is 3.58. The Balaban J connectivity index is 2.80. The second-order valence-electron chi connectivity index (χ2n) is 0.427. The number of carbonyl (C=O) groups excluding carboxylic acids is 1. The molecule has 0 atom stereocenters. The molecule has 0 aromatic carbocycles. The second-order valence-corrected chi connectivity index (χ2v) is 2.03. The van der Waals surface area contributed by atoms with Gasteiger partial charge in [-0.1, -0.05) is 0 Å². The molecule has 0 rings (SSSR count). The Morgan fingerprint density at radius 1 is 2.00 bits per heavy atom. The summed E-state index contributed by atoms with van der Waals surface area (Å²) in [5.41, 5.74) is 0. The molecule has 0 bridgehead atoms. The van der Waals surface area contributed by atoms with Gasteiger partial charge in [0.2, 0.25) is 0 Å². The van der Waals surface area contributed by atoms with Gasteiger partial charge in [-0.25, -0.2) is 0 Å². The maximum absolute atomic E-state index is 9.43. The summed E-state index contributed by atoms with van der Waals surface area (Å²) in [6.45, 7) is 1.52. The van der Waals surface area contributed by atoms with Gasteiger partial charge in [0.1, 0.15) is 0 Å². The average Bonchev–Trinajstić information content (AvgIpc) is 0.811. The standard InChI is InChI=1S/C2H3O.Pt/c1-2-3;/h1H3;. The molecule has 0 aromatic rings. The van der Waals surface area contributed by atoms with E-state index in [1.165, 1.54) is 6.92 Å². The van der Waals surface area contributed by atoms with Crippen LogP contribution in [-0.4, -0.2) is 4.17 Å². The minimum atomic E-state index is 0.139. The zero-order valence-electron chi connectivity index (χ0n) is 2.22. The molecule has 0 N–H and O–H groups in total. The van der Waals surface area contributed by atoms with Gasteiger partial charge in [0.15, 0.2) is 0 Å². The van der Waals surface area contributed by atoms with Crippen molar-refractivity contribution in [3.63, 3.8) is 0 Å². The van der Waals surface area contributed by atoms with E-state index in [1.807, 2.05) is 0 Å². The number of hydrogen-bond acceptors (Lipinski definition) is 1. The first-order chi connectivity index (χ1) is 1.73. The predicted octanol–water partition coefficient (Wildman–Crippen LogP) is 0.0797. The van der Waals surface area contributed by atoms with Crippen LogP contribution in [0, 0.1) is 0 Å². The maximum atomic E-state index is 9.43. The van der Waals surface area contributed by atoms with Crippen LogP contribution in [-0.2, 0) is 24.6 Å². The van der Waals surface area contributed by atoms with Crippen LogP contribution >= 0.6 is 0 Å². The number of hydrogen-bond donors (Lipinski definition) is 0. The molecule has 0 aliphatic carbocycles. The Labute approximate surface area is 36.3 Å². The third-order valence-electron chi connectivity index (χ3n) is 0. The van der Waals surface area contributed by atoms with Crippen LogP contribution in [0.15, 0.2) is 0 Å². The molecular formula is C2H3OPt. The van der Waals surface area contributed by atoms with E-state index in [4.69, 9.17) is 0 Å². The first-order valence-electron chi connectivity index (χ1n) is 0.862. The Hall–Kier alpha value is 0.358. The van der Waals surface area contributed by atoms with Gasteiger partial charge in [0, 0.05) is 0 Å². The van der Waals surface area contributed by atoms with Crippen LogP contribution < -0.4 is 0 Å². The van der Waals surface area contributed by atoms with E-state index in [0.717, 1.165) is 0 Å². The van der Waals surface area contributed by atoms with Crippen molar-refractivity contribution in [1.29, 1.82) is 0 Å². The molecule has 0 spiro atoms. The van der Waals surface area contributed by atoms with Crippen molar-refractivity contribution in [3.8, 4) is 0 Å². The van der Waals surface area contributed by atoms with E-state index in [2.05, 4.69) is 0 Å². The summed E-state index contributed by atoms with van der Waals surface area (Å²) in [4.78, 5) is 9.43. The van der Waals surface area contributed by atoms with Crippen molar-refractivity contribution in [2.24, 2.45) is 0 Å². The summed E-state index contributed by atoms with van der Waals surface area (Å²) in [6.07, 6.45) is 0. The Morgan fingerprint density at radius 3 is 2.00 bits per heavy atom. The van der Waals surface area contributed by atoms with E-state index in [9.17, 15) is 4.79 Å². The van der Waals surface area contributed by atoms with E-state index in [1.54, 1.807) is 19.8 Å². The van der Waals surface area contributed by atoms with E-state index in [0.29, 0.717) is 0 Å². The molecule has 0 amide bonds. The van der Waals surface area contributed by atoms with Crippen LogP contribution in [0.5, 0.6) is 0 Å². The number of carbonyl (C=O) groups is 1. The normalized spacial score (nSPS) is 6.75. The van der Waals surface area contributed by atoms with Crippen LogP contribution in [0.4, 0.5) is 0 Å². The first kappa shape index (κ1) is 4.36. The SMILES string of the molecule is C[C](=O)[Pt]. The van der Waals surface area contributed by atoms with Crippen molar-refractivity contribution >= 4 is 4.17 Å². The van der Waals surface area contributed by atoms with Crippen molar-refractivity contribution in [2.45, 2.75) is 6.92 Å². The molecular weight excluding hydrogens is 235 g/mol. The van der Waals surface area contributed by atoms with Gasteiger partial charge in [-0.05, 0) is 0 Å². The van der Waals surface area contributed by atoms with Gasteiger partial charge in [0.25, 0.3) is 0 Å². The van der Waals surface area contributed by atoms with E-state index in [-0.39, 0.29) is 4.17 Å². The Morgan fingerprint density at radius 2 is 2.00 bits per heavy atom. The van der Waals surface area contributed by atoms with Crippen molar-refractivity contribution in [1.82, 2.24) is 0 Å². The molecule has 0 saturated carbocycles. The topological polar surface area (TPSA) is 17.1 Å². The molecule has 0 aliphatic heterocycles. The molecule has 0 saturated heterocycles. The summed E-state index contributed by atoms with van der Waals surface area (Å²) in [5, 5.41) is 0. The fourth-order valence-electron chi connectivity index (χ4n) is 0. The monoisotopic (exact) mass is 238 g/mol. The Kier molecular flexibility index (Phi) is 1.80. The molecule has 0 aliphatic rings. The third-order valence-corrected chi connectivity index (χ3v) is 0. The Bertz CT molecular complexity index is 29.0. The molecule has 0 heterocycles. The molecule has 0 aromatic heterocycles. The summed E-state index contributed by atoms with van der Waals surface area (Å²) < 4.78 is 0.139. The van der Waals surface area contributed by atoms with E-state index < -0.39 is 0 Å².